The van der Waals surface area contributed by atoms with E-state index in [0.717, 1.165) is 35.3 Å². The van der Waals surface area contributed by atoms with Crippen molar-refractivity contribution >= 4 is 28.2 Å². The van der Waals surface area contributed by atoms with Gasteiger partial charge >= 0.3 is 0 Å². The van der Waals surface area contributed by atoms with Crippen molar-refractivity contribution < 1.29 is 4.74 Å². The van der Waals surface area contributed by atoms with Gasteiger partial charge in [-0.25, -0.2) is 4.98 Å². The van der Waals surface area contributed by atoms with E-state index in [4.69, 9.17) is 16.3 Å². The second-order valence-corrected chi connectivity index (χ2v) is 4.99. The smallest absolute Gasteiger partial charge is 0.133 e. The summed E-state index contributed by atoms with van der Waals surface area (Å²) in [5.41, 5.74) is 0. The van der Waals surface area contributed by atoms with Crippen LogP contribution in [-0.4, -0.2) is 24.0 Å². The number of ether oxygens (including phenoxy) is 1. The summed E-state index contributed by atoms with van der Waals surface area (Å²) in [5, 5.41) is 5.70. The average Bonchev–Trinajstić information content (AvgIpc) is 2.38. The minimum absolute atomic E-state index is 0.169. The maximum Gasteiger partial charge on any atom is 0.133 e. The van der Waals surface area contributed by atoms with E-state index in [9.17, 15) is 0 Å². The van der Waals surface area contributed by atoms with Crippen molar-refractivity contribution in [3.8, 4) is 5.75 Å². The third-order valence-corrected chi connectivity index (χ3v) is 3.03. The molecule has 0 bridgehead atoms. The van der Waals surface area contributed by atoms with Gasteiger partial charge in [-0.3, -0.25) is 0 Å². The summed E-state index contributed by atoms with van der Waals surface area (Å²) in [4.78, 5) is 4.37. The van der Waals surface area contributed by atoms with Crippen LogP contribution in [0.25, 0.3) is 10.8 Å². The first-order valence-electron chi connectivity index (χ1n) is 6.01. The molecule has 1 aromatic heterocycles. The molecule has 0 aliphatic carbocycles. The van der Waals surface area contributed by atoms with E-state index in [0.29, 0.717) is 0 Å². The highest BCUT2D eigenvalue weighted by Crippen LogP contribution is 2.25. The summed E-state index contributed by atoms with van der Waals surface area (Å²) in [6.45, 7) is 2.80. The molecule has 0 aliphatic heterocycles. The third-order valence-electron chi connectivity index (χ3n) is 2.81. The Morgan fingerprint density at radius 1 is 1.39 bits per heavy atom. The molecule has 1 atom stereocenters. The van der Waals surface area contributed by atoms with Crippen LogP contribution in [0, 0.1) is 0 Å². The Balaban J connectivity index is 2.25. The summed E-state index contributed by atoms with van der Waals surface area (Å²) in [6, 6.07) is 7.97. The van der Waals surface area contributed by atoms with Crippen molar-refractivity contribution in [3.05, 3.63) is 30.5 Å². The van der Waals surface area contributed by atoms with Crippen molar-refractivity contribution in [1.29, 1.82) is 0 Å². The Morgan fingerprint density at radius 2 is 2.22 bits per heavy atom. The number of hydrogen-bond acceptors (Lipinski definition) is 3. The molecule has 96 valence electrons. The first kappa shape index (κ1) is 13.0. The molecule has 2 aromatic rings. The predicted octanol–water partition coefficient (Wildman–Crippen LogP) is 3.67. The first-order chi connectivity index (χ1) is 8.70. The highest BCUT2D eigenvalue weighted by molar-refractivity contribution is 6.20. The minimum Gasteiger partial charge on any atom is -0.497 e. The number of benzene rings is 1. The molecule has 0 saturated heterocycles. The summed E-state index contributed by atoms with van der Waals surface area (Å²) < 4.78 is 5.24. The highest BCUT2D eigenvalue weighted by atomic mass is 35.5. The fourth-order valence-corrected chi connectivity index (χ4v) is 1.91. The molecule has 0 saturated carbocycles. The molecule has 1 unspecified atom stereocenters. The van der Waals surface area contributed by atoms with Crippen molar-refractivity contribution in [2.24, 2.45) is 0 Å². The Labute approximate surface area is 112 Å². The van der Waals surface area contributed by atoms with Crippen LogP contribution in [0.4, 0.5) is 5.82 Å². The molecular formula is C14H17ClN2O. The second kappa shape index (κ2) is 5.91. The molecule has 3 nitrogen and oxygen atoms in total. The molecule has 0 amide bonds. The number of halogens is 1. The zero-order valence-electron chi connectivity index (χ0n) is 10.6. The lowest BCUT2D eigenvalue weighted by atomic mass is 10.1. The number of nitrogens with one attached hydrogen (secondary N) is 1. The monoisotopic (exact) mass is 264 g/mol. The number of hydrogen-bond donors (Lipinski definition) is 1. The second-order valence-electron chi connectivity index (χ2n) is 4.24. The van der Waals surface area contributed by atoms with Crippen LogP contribution < -0.4 is 10.1 Å². The van der Waals surface area contributed by atoms with Crippen molar-refractivity contribution in [2.45, 2.75) is 18.7 Å². The van der Waals surface area contributed by atoms with Gasteiger partial charge in [0.15, 0.2) is 0 Å². The fourth-order valence-electron chi connectivity index (χ4n) is 1.80. The van der Waals surface area contributed by atoms with Crippen LogP contribution in [-0.2, 0) is 0 Å². The number of alkyl halides is 1. The van der Waals surface area contributed by atoms with Gasteiger partial charge in [0.1, 0.15) is 11.6 Å². The topological polar surface area (TPSA) is 34.1 Å². The zero-order chi connectivity index (χ0) is 13.0. The average molecular weight is 265 g/mol. The van der Waals surface area contributed by atoms with Gasteiger partial charge < -0.3 is 10.1 Å². The number of pyridine rings is 1. The van der Waals surface area contributed by atoms with Gasteiger partial charge in [0, 0.05) is 23.5 Å². The van der Waals surface area contributed by atoms with Crippen LogP contribution >= 0.6 is 11.6 Å². The number of fused-ring (bicyclic) bond motifs is 1. The summed E-state index contributed by atoms with van der Waals surface area (Å²) in [6.07, 6.45) is 2.71. The van der Waals surface area contributed by atoms with Crippen LogP contribution in [0.2, 0.25) is 0 Å². The normalized spacial score (nSPS) is 12.4. The van der Waals surface area contributed by atoms with Gasteiger partial charge in [-0.1, -0.05) is 6.07 Å². The van der Waals surface area contributed by atoms with Gasteiger partial charge in [0.2, 0.25) is 0 Å². The Hall–Kier alpha value is -1.48. The molecule has 0 spiro atoms. The van der Waals surface area contributed by atoms with Crippen LogP contribution in [0.1, 0.15) is 13.3 Å². The maximum absolute atomic E-state index is 5.93. The molecule has 0 aliphatic rings. The standard InChI is InChI=1S/C14H17ClN2O/c1-10(15)5-7-16-14-13-9-12(18-2)4-3-11(13)6-8-17-14/h3-4,6,8-10H,5,7H2,1-2H3,(H,16,17). The quantitative estimate of drug-likeness (QED) is 0.837. The first-order valence-corrected chi connectivity index (χ1v) is 6.45. The van der Waals surface area contributed by atoms with Crippen molar-refractivity contribution in [3.63, 3.8) is 0 Å². The van der Waals surface area contributed by atoms with E-state index in [1.54, 1.807) is 13.3 Å². The predicted molar refractivity (Wildman–Crippen MR) is 76.7 cm³/mol. The number of methoxy groups -OCH3 is 1. The van der Waals surface area contributed by atoms with Gasteiger partial charge in [-0.05, 0) is 36.9 Å². The Kier molecular flexibility index (Phi) is 4.26. The molecule has 4 heteroatoms. The largest absolute Gasteiger partial charge is 0.497 e. The molecule has 0 fully saturated rings. The van der Waals surface area contributed by atoms with E-state index in [2.05, 4.69) is 10.3 Å². The van der Waals surface area contributed by atoms with E-state index in [1.165, 1.54) is 0 Å². The van der Waals surface area contributed by atoms with Crippen LogP contribution in [0.5, 0.6) is 5.75 Å². The number of rotatable bonds is 5. The Morgan fingerprint density at radius 3 is 2.94 bits per heavy atom. The molecule has 0 radical (unpaired) electrons. The van der Waals surface area contributed by atoms with Crippen LogP contribution in [0.15, 0.2) is 30.5 Å². The summed E-state index contributed by atoms with van der Waals surface area (Å²) >= 11 is 5.93. The number of anilines is 1. The number of nitrogens with zero attached hydrogens (tertiary/aromatic N) is 1. The van der Waals surface area contributed by atoms with E-state index in [1.807, 2.05) is 31.2 Å². The molecule has 1 N–H and O–H groups in total. The molecule has 2 rings (SSSR count). The SMILES string of the molecule is COc1ccc2ccnc(NCCC(C)Cl)c2c1. The van der Waals surface area contributed by atoms with Gasteiger partial charge in [-0.15, -0.1) is 11.6 Å². The minimum atomic E-state index is 0.169. The maximum atomic E-state index is 5.93. The zero-order valence-corrected chi connectivity index (χ0v) is 11.4. The number of aromatic nitrogens is 1. The fraction of sp³-hybridized carbons (Fsp3) is 0.357. The Bertz CT molecular complexity index is 528. The highest BCUT2D eigenvalue weighted by Gasteiger charge is 2.04. The van der Waals surface area contributed by atoms with Gasteiger partial charge in [-0.2, -0.15) is 0 Å². The third kappa shape index (κ3) is 3.05. The lowest BCUT2D eigenvalue weighted by molar-refractivity contribution is 0.415. The summed E-state index contributed by atoms with van der Waals surface area (Å²) in [5.74, 6) is 1.72. The van der Waals surface area contributed by atoms with E-state index < -0.39 is 0 Å². The molecule has 1 heterocycles. The lowest BCUT2D eigenvalue weighted by Crippen LogP contribution is -2.07. The molecule has 18 heavy (non-hydrogen) atoms. The molecular weight excluding hydrogens is 248 g/mol. The van der Waals surface area contributed by atoms with Crippen molar-refractivity contribution in [1.82, 2.24) is 4.98 Å². The van der Waals surface area contributed by atoms with Crippen LogP contribution in [0.3, 0.4) is 0 Å². The van der Waals surface area contributed by atoms with Crippen molar-refractivity contribution in [2.75, 3.05) is 19.0 Å². The van der Waals surface area contributed by atoms with E-state index in [-0.39, 0.29) is 5.38 Å². The van der Waals surface area contributed by atoms with E-state index >= 15 is 0 Å². The van der Waals surface area contributed by atoms with Gasteiger partial charge in [0.05, 0.1) is 7.11 Å². The molecule has 1 aromatic carbocycles. The lowest BCUT2D eigenvalue weighted by Gasteiger charge is -2.10. The van der Waals surface area contributed by atoms with Gasteiger partial charge in [0.25, 0.3) is 0 Å². The summed E-state index contributed by atoms with van der Waals surface area (Å²) in [7, 11) is 1.67.